The molecule has 1 atom stereocenters. The van der Waals surface area contributed by atoms with Gasteiger partial charge in [-0.2, -0.15) is 0 Å². The lowest BCUT2D eigenvalue weighted by Gasteiger charge is -2.33. The first-order valence-electron chi connectivity index (χ1n) is 8.93. The number of carbonyl (C=O) groups excluding carboxylic acids is 1. The average molecular weight is 339 g/mol. The Bertz CT molecular complexity index is 663. The summed E-state index contributed by atoms with van der Waals surface area (Å²) in [7, 11) is 0. The Morgan fingerprint density at radius 3 is 2.40 bits per heavy atom. The predicted octanol–water partition coefficient (Wildman–Crippen LogP) is 3.73. The fourth-order valence-electron chi connectivity index (χ4n) is 3.09. The zero-order valence-electron chi connectivity index (χ0n) is 14.7. The van der Waals surface area contributed by atoms with Crippen molar-refractivity contribution in [3.05, 3.63) is 65.7 Å². The van der Waals surface area contributed by atoms with Gasteiger partial charge in [-0.15, -0.1) is 0 Å². The topological polar surface area (TPSA) is 38.8 Å². The molecule has 0 amide bonds. The minimum absolute atomic E-state index is 0.121. The summed E-state index contributed by atoms with van der Waals surface area (Å²) in [5.74, 6) is 0.927. The maximum absolute atomic E-state index is 13.2. The van der Waals surface area contributed by atoms with Gasteiger partial charge in [-0.3, -0.25) is 9.69 Å². The molecule has 1 saturated heterocycles. The number of benzene rings is 2. The van der Waals surface area contributed by atoms with E-state index in [1.807, 2.05) is 54.6 Å². The molecule has 2 aromatic rings. The summed E-state index contributed by atoms with van der Waals surface area (Å²) in [6, 6.07) is 17.2. The van der Waals surface area contributed by atoms with Crippen LogP contribution in [0.25, 0.3) is 0 Å². The summed E-state index contributed by atoms with van der Waals surface area (Å²) < 4.78 is 11.1. The zero-order chi connectivity index (χ0) is 17.5. The highest BCUT2D eigenvalue weighted by Gasteiger charge is 2.29. The van der Waals surface area contributed by atoms with Crippen molar-refractivity contribution < 1.29 is 14.3 Å². The van der Waals surface area contributed by atoms with Crippen LogP contribution in [0.5, 0.6) is 5.75 Å². The number of morpholine rings is 1. The molecule has 132 valence electrons. The maximum atomic E-state index is 13.2. The van der Waals surface area contributed by atoms with Gasteiger partial charge in [0, 0.05) is 18.7 Å². The zero-order valence-corrected chi connectivity index (χ0v) is 14.7. The highest BCUT2D eigenvalue weighted by atomic mass is 16.5. The Labute approximate surface area is 149 Å². The van der Waals surface area contributed by atoms with E-state index in [4.69, 9.17) is 9.47 Å². The van der Waals surface area contributed by atoms with E-state index >= 15 is 0 Å². The molecule has 0 unspecified atom stereocenters. The Balaban J connectivity index is 1.83. The molecule has 1 fully saturated rings. The number of Topliss-reactive ketones (excluding diaryl/α,β-unsaturated/α-hetero) is 1. The van der Waals surface area contributed by atoms with Crippen LogP contribution in [0.15, 0.2) is 54.6 Å². The van der Waals surface area contributed by atoms with Gasteiger partial charge < -0.3 is 9.47 Å². The third kappa shape index (κ3) is 4.47. The van der Waals surface area contributed by atoms with Crippen LogP contribution in [0.3, 0.4) is 0 Å². The van der Waals surface area contributed by atoms with Crippen molar-refractivity contribution in [3.8, 4) is 5.75 Å². The van der Waals surface area contributed by atoms with E-state index in [9.17, 15) is 4.79 Å². The van der Waals surface area contributed by atoms with Crippen LogP contribution >= 0.6 is 0 Å². The molecular formula is C21H25NO3. The fourth-order valence-corrected chi connectivity index (χ4v) is 3.09. The number of ether oxygens (including phenoxy) is 2. The molecule has 0 aromatic heterocycles. The smallest absolute Gasteiger partial charge is 0.184 e. The van der Waals surface area contributed by atoms with Crippen molar-refractivity contribution >= 4 is 5.78 Å². The minimum Gasteiger partial charge on any atom is -0.494 e. The second-order valence-electron chi connectivity index (χ2n) is 6.20. The standard InChI is InChI=1S/C21H25NO3/c1-2-14-25-19-10-8-18(9-11-19)21(23)20(17-6-4-3-5-7-17)22-12-15-24-16-13-22/h3-11,20H,2,12-16H2,1H3/t20-/m1/s1. The van der Waals surface area contributed by atoms with E-state index in [-0.39, 0.29) is 11.8 Å². The first kappa shape index (κ1) is 17.6. The lowest BCUT2D eigenvalue weighted by Crippen LogP contribution is -2.42. The average Bonchev–Trinajstić information content (AvgIpc) is 2.68. The monoisotopic (exact) mass is 339 g/mol. The number of carbonyl (C=O) groups is 1. The van der Waals surface area contributed by atoms with Gasteiger partial charge in [0.05, 0.1) is 25.9 Å². The first-order chi connectivity index (χ1) is 12.3. The molecule has 4 heteroatoms. The lowest BCUT2D eigenvalue weighted by atomic mass is 9.95. The van der Waals surface area contributed by atoms with Crippen molar-refractivity contribution in [1.29, 1.82) is 0 Å². The van der Waals surface area contributed by atoms with Gasteiger partial charge in [-0.25, -0.2) is 0 Å². The Kier molecular flexibility index (Phi) is 6.20. The van der Waals surface area contributed by atoms with E-state index in [1.165, 1.54) is 0 Å². The van der Waals surface area contributed by atoms with Gasteiger partial charge in [-0.05, 0) is 36.2 Å². The van der Waals surface area contributed by atoms with Crippen LogP contribution in [0, 0.1) is 0 Å². The molecule has 2 aromatic carbocycles. The number of rotatable bonds is 7. The largest absolute Gasteiger partial charge is 0.494 e. The molecule has 0 aliphatic carbocycles. The second kappa shape index (κ2) is 8.79. The third-order valence-electron chi connectivity index (χ3n) is 4.39. The lowest BCUT2D eigenvalue weighted by molar-refractivity contribution is 0.0172. The Morgan fingerprint density at radius 1 is 1.08 bits per heavy atom. The molecule has 1 aliphatic heterocycles. The summed E-state index contributed by atoms with van der Waals surface area (Å²) in [6.07, 6.45) is 0.966. The van der Waals surface area contributed by atoms with Crippen molar-refractivity contribution in [3.63, 3.8) is 0 Å². The Morgan fingerprint density at radius 2 is 1.76 bits per heavy atom. The van der Waals surface area contributed by atoms with Crippen molar-refractivity contribution in [2.75, 3.05) is 32.9 Å². The van der Waals surface area contributed by atoms with Crippen LogP contribution in [-0.2, 0) is 4.74 Å². The summed E-state index contributed by atoms with van der Waals surface area (Å²) in [4.78, 5) is 15.5. The van der Waals surface area contributed by atoms with Crippen molar-refractivity contribution in [2.24, 2.45) is 0 Å². The molecule has 0 N–H and O–H groups in total. The van der Waals surface area contributed by atoms with Crippen LogP contribution in [0.4, 0.5) is 0 Å². The maximum Gasteiger partial charge on any atom is 0.184 e. The molecule has 3 rings (SSSR count). The van der Waals surface area contributed by atoms with Gasteiger partial charge in [-0.1, -0.05) is 37.3 Å². The van der Waals surface area contributed by atoms with Crippen LogP contribution in [-0.4, -0.2) is 43.6 Å². The quantitative estimate of drug-likeness (QED) is 0.721. The van der Waals surface area contributed by atoms with Crippen molar-refractivity contribution in [1.82, 2.24) is 4.90 Å². The summed E-state index contributed by atoms with van der Waals surface area (Å²) in [6.45, 7) is 5.63. The molecule has 1 heterocycles. The second-order valence-corrected chi connectivity index (χ2v) is 6.20. The fraction of sp³-hybridized carbons (Fsp3) is 0.381. The predicted molar refractivity (Wildman–Crippen MR) is 98.1 cm³/mol. The number of nitrogens with zero attached hydrogens (tertiary/aromatic N) is 1. The summed E-state index contributed by atoms with van der Waals surface area (Å²) in [5, 5.41) is 0. The van der Waals surface area contributed by atoms with Gasteiger partial charge in [0.1, 0.15) is 5.75 Å². The van der Waals surface area contributed by atoms with E-state index in [0.717, 1.165) is 30.8 Å². The molecular weight excluding hydrogens is 314 g/mol. The summed E-state index contributed by atoms with van der Waals surface area (Å²) in [5.41, 5.74) is 1.74. The molecule has 0 saturated carbocycles. The normalized spacial score (nSPS) is 16.4. The number of hydrogen-bond donors (Lipinski definition) is 0. The highest BCUT2D eigenvalue weighted by Crippen LogP contribution is 2.27. The van der Waals surface area contributed by atoms with Crippen LogP contribution in [0.1, 0.15) is 35.3 Å². The SMILES string of the molecule is CCCOc1ccc(C(=O)[C@@H](c2ccccc2)N2CCOCC2)cc1. The van der Waals surface area contributed by atoms with Crippen LogP contribution < -0.4 is 4.74 Å². The van der Waals surface area contributed by atoms with E-state index in [0.29, 0.717) is 25.4 Å². The Hall–Kier alpha value is -2.17. The minimum atomic E-state index is -0.271. The molecule has 4 nitrogen and oxygen atoms in total. The number of ketones is 1. The van der Waals surface area contributed by atoms with E-state index in [2.05, 4.69) is 11.8 Å². The third-order valence-corrected chi connectivity index (χ3v) is 4.39. The first-order valence-corrected chi connectivity index (χ1v) is 8.93. The van der Waals surface area contributed by atoms with Gasteiger partial charge in [0.2, 0.25) is 0 Å². The molecule has 0 radical (unpaired) electrons. The molecule has 1 aliphatic rings. The van der Waals surface area contributed by atoms with Gasteiger partial charge >= 0.3 is 0 Å². The van der Waals surface area contributed by atoms with Crippen LogP contribution in [0.2, 0.25) is 0 Å². The summed E-state index contributed by atoms with van der Waals surface area (Å²) >= 11 is 0. The molecule has 0 bridgehead atoms. The van der Waals surface area contributed by atoms with E-state index in [1.54, 1.807) is 0 Å². The number of hydrogen-bond acceptors (Lipinski definition) is 4. The molecule has 25 heavy (non-hydrogen) atoms. The molecule has 0 spiro atoms. The van der Waals surface area contributed by atoms with Gasteiger partial charge in [0.15, 0.2) is 5.78 Å². The van der Waals surface area contributed by atoms with E-state index < -0.39 is 0 Å². The van der Waals surface area contributed by atoms with Gasteiger partial charge in [0.25, 0.3) is 0 Å². The highest BCUT2D eigenvalue weighted by molar-refractivity contribution is 6.00. The van der Waals surface area contributed by atoms with Crippen molar-refractivity contribution in [2.45, 2.75) is 19.4 Å².